The topological polar surface area (TPSA) is 66.9 Å². The average molecular weight is 298 g/mol. The molecule has 1 aromatic heterocycles. The highest BCUT2D eigenvalue weighted by atomic mass is 16.1. The maximum absolute atomic E-state index is 12.0. The highest BCUT2D eigenvalue weighted by molar-refractivity contribution is 5.92. The number of rotatable bonds is 6. The van der Waals surface area contributed by atoms with Gasteiger partial charge in [0.15, 0.2) is 0 Å². The predicted octanol–water partition coefficient (Wildman–Crippen LogP) is 3.37. The molecule has 22 heavy (non-hydrogen) atoms. The molecule has 0 bridgehead atoms. The number of aromatic nitrogens is 2. The molecule has 1 heterocycles. The molecule has 5 heteroatoms. The van der Waals surface area contributed by atoms with E-state index in [0.717, 1.165) is 24.1 Å². The average Bonchev–Trinajstić information content (AvgIpc) is 2.50. The molecule has 0 aliphatic carbocycles. The van der Waals surface area contributed by atoms with Crippen molar-refractivity contribution in [2.24, 2.45) is 0 Å². The quantitative estimate of drug-likeness (QED) is 0.802. The molecule has 0 radical (unpaired) electrons. The SMILES string of the molecule is CCCCNC(=O)c1ccnc(Nc2ccc(C)cc2C)n1. The molecule has 0 aliphatic rings. The number of anilines is 2. The van der Waals surface area contributed by atoms with Crippen LogP contribution in [0.15, 0.2) is 30.5 Å². The monoisotopic (exact) mass is 298 g/mol. The second kappa shape index (κ2) is 7.54. The van der Waals surface area contributed by atoms with E-state index >= 15 is 0 Å². The van der Waals surface area contributed by atoms with Gasteiger partial charge in [0.2, 0.25) is 5.95 Å². The third-order valence-corrected chi connectivity index (χ3v) is 3.33. The molecular formula is C17H22N4O. The van der Waals surface area contributed by atoms with Gasteiger partial charge in [-0.1, -0.05) is 31.0 Å². The van der Waals surface area contributed by atoms with Crippen LogP contribution < -0.4 is 10.6 Å². The van der Waals surface area contributed by atoms with Gasteiger partial charge in [-0.2, -0.15) is 0 Å². The van der Waals surface area contributed by atoms with Crippen LogP contribution in [0.25, 0.3) is 0 Å². The van der Waals surface area contributed by atoms with E-state index in [1.165, 1.54) is 5.56 Å². The summed E-state index contributed by atoms with van der Waals surface area (Å²) in [5.74, 6) is 0.259. The van der Waals surface area contributed by atoms with Crippen LogP contribution in [0.4, 0.5) is 11.6 Å². The number of nitrogens with zero attached hydrogens (tertiary/aromatic N) is 2. The third-order valence-electron chi connectivity index (χ3n) is 3.33. The minimum absolute atomic E-state index is 0.167. The summed E-state index contributed by atoms with van der Waals surface area (Å²) in [6.07, 6.45) is 3.60. The summed E-state index contributed by atoms with van der Waals surface area (Å²) in [4.78, 5) is 20.5. The van der Waals surface area contributed by atoms with Gasteiger partial charge in [-0.15, -0.1) is 0 Å². The van der Waals surface area contributed by atoms with Crippen molar-refractivity contribution >= 4 is 17.5 Å². The molecule has 0 spiro atoms. The first-order valence-corrected chi connectivity index (χ1v) is 7.55. The molecule has 2 N–H and O–H groups in total. The molecule has 0 saturated carbocycles. The molecule has 0 saturated heterocycles. The van der Waals surface area contributed by atoms with Gasteiger partial charge >= 0.3 is 0 Å². The molecule has 0 aliphatic heterocycles. The fourth-order valence-corrected chi connectivity index (χ4v) is 2.09. The van der Waals surface area contributed by atoms with Crippen molar-refractivity contribution in [3.8, 4) is 0 Å². The molecule has 0 fully saturated rings. The van der Waals surface area contributed by atoms with Crippen LogP contribution in [0.3, 0.4) is 0 Å². The van der Waals surface area contributed by atoms with Crippen LogP contribution in [0.2, 0.25) is 0 Å². The van der Waals surface area contributed by atoms with Crippen LogP contribution in [0, 0.1) is 13.8 Å². The van der Waals surface area contributed by atoms with Gasteiger partial charge in [0.1, 0.15) is 5.69 Å². The minimum atomic E-state index is -0.167. The van der Waals surface area contributed by atoms with E-state index in [2.05, 4.69) is 40.5 Å². The van der Waals surface area contributed by atoms with Gasteiger partial charge in [-0.3, -0.25) is 4.79 Å². The Labute approximate surface area is 131 Å². The highest BCUT2D eigenvalue weighted by Crippen LogP contribution is 2.19. The lowest BCUT2D eigenvalue weighted by molar-refractivity contribution is 0.0948. The number of hydrogen-bond donors (Lipinski definition) is 2. The molecule has 5 nitrogen and oxygen atoms in total. The summed E-state index contributed by atoms with van der Waals surface area (Å²) in [6, 6.07) is 7.72. The normalized spacial score (nSPS) is 10.3. The Hall–Kier alpha value is -2.43. The Morgan fingerprint density at radius 2 is 2.05 bits per heavy atom. The second-order valence-corrected chi connectivity index (χ2v) is 5.32. The molecule has 116 valence electrons. The van der Waals surface area contributed by atoms with Crippen LogP contribution in [-0.2, 0) is 0 Å². The van der Waals surface area contributed by atoms with E-state index in [4.69, 9.17) is 0 Å². The van der Waals surface area contributed by atoms with Gasteiger partial charge < -0.3 is 10.6 Å². The zero-order valence-electron chi connectivity index (χ0n) is 13.3. The van der Waals surface area contributed by atoms with E-state index < -0.39 is 0 Å². The van der Waals surface area contributed by atoms with E-state index in [1.807, 2.05) is 19.1 Å². The molecule has 2 aromatic rings. The summed E-state index contributed by atoms with van der Waals surface area (Å²) in [5, 5.41) is 6.01. The summed E-state index contributed by atoms with van der Waals surface area (Å²) < 4.78 is 0. The number of hydrogen-bond acceptors (Lipinski definition) is 4. The number of unbranched alkanes of at least 4 members (excludes halogenated alkanes) is 1. The van der Waals surface area contributed by atoms with Gasteiger partial charge in [0.25, 0.3) is 5.91 Å². The Morgan fingerprint density at radius 1 is 1.23 bits per heavy atom. The number of nitrogens with one attached hydrogen (secondary N) is 2. The van der Waals surface area contributed by atoms with Gasteiger partial charge in [0.05, 0.1) is 0 Å². The molecule has 0 atom stereocenters. The maximum Gasteiger partial charge on any atom is 0.270 e. The number of carbonyl (C=O) groups excluding carboxylic acids is 1. The largest absolute Gasteiger partial charge is 0.351 e. The summed E-state index contributed by atoms with van der Waals surface area (Å²) in [6.45, 7) is 6.83. The lowest BCUT2D eigenvalue weighted by Crippen LogP contribution is -2.25. The Bertz CT molecular complexity index is 655. The van der Waals surface area contributed by atoms with E-state index in [9.17, 15) is 4.79 Å². The molecule has 1 aromatic carbocycles. The lowest BCUT2D eigenvalue weighted by Gasteiger charge is -2.10. The maximum atomic E-state index is 12.0. The van der Waals surface area contributed by atoms with Crippen molar-refractivity contribution in [1.82, 2.24) is 15.3 Å². The van der Waals surface area contributed by atoms with Gasteiger partial charge in [-0.05, 0) is 38.0 Å². The summed E-state index contributed by atoms with van der Waals surface area (Å²) >= 11 is 0. The van der Waals surface area contributed by atoms with Crippen LogP contribution in [0.1, 0.15) is 41.4 Å². The van der Waals surface area contributed by atoms with Crippen molar-refractivity contribution in [2.75, 3.05) is 11.9 Å². The van der Waals surface area contributed by atoms with Crippen LogP contribution >= 0.6 is 0 Å². The van der Waals surface area contributed by atoms with Crippen molar-refractivity contribution < 1.29 is 4.79 Å². The van der Waals surface area contributed by atoms with Crippen molar-refractivity contribution in [3.05, 3.63) is 47.3 Å². The first-order valence-electron chi connectivity index (χ1n) is 7.55. The van der Waals surface area contributed by atoms with Gasteiger partial charge in [0, 0.05) is 18.4 Å². The number of benzene rings is 1. The Morgan fingerprint density at radius 3 is 2.77 bits per heavy atom. The number of carbonyl (C=O) groups is 1. The van der Waals surface area contributed by atoms with E-state index in [0.29, 0.717) is 18.2 Å². The summed E-state index contributed by atoms with van der Waals surface area (Å²) in [7, 11) is 0. The molecular weight excluding hydrogens is 276 g/mol. The highest BCUT2D eigenvalue weighted by Gasteiger charge is 2.08. The fourth-order valence-electron chi connectivity index (χ4n) is 2.09. The zero-order valence-corrected chi connectivity index (χ0v) is 13.3. The smallest absolute Gasteiger partial charge is 0.270 e. The van der Waals surface area contributed by atoms with Crippen molar-refractivity contribution in [2.45, 2.75) is 33.6 Å². The Kier molecular flexibility index (Phi) is 5.47. The van der Waals surface area contributed by atoms with Gasteiger partial charge in [-0.25, -0.2) is 9.97 Å². The van der Waals surface area contributed by atoms with Crippen molar-refractivity contribution in [3.63, 3.8) is 0 Å². The number of amides is 1. The molecule has 1 amide bonds. The standard InChI is InChI=1S/C17H22N4O/c1-4-5-9-18-16(22)15-8-10-19-17(21-15)20-14-7-6-12(2)11-13(14)3/h6-8,10-11H,4-5,9H2,1-3H3,(H,18,22)(H,19,20,21). The fraction of sp³-hybridized carbons (Fsp3) is 0.353. The summed E-state index contributed by atoms with van der Waals surface area (Å²) in [5.41, 5.74) is 3.63. The molecule has 2 rings (SSSR count). The van der Waals surface area contributed by atoms with Crippen LogP contribution in [0.5, 0.6) is 0 Å². The second-order valence-electron chi connectivity index (χ2n) is 5.32. The Balaban J connectivity index is 2.09. The van der Waals surface area contributed by atoms with E-state index in [-0.39, 0.29) is 5.91 Å². The zero-order chi connectivity index (χ0) is 15.9. The predicted molar refractivity (Wildman–Crippen MR) is 88.5 cm³/mol. The van der Waals surface area contributed by atoms with Crippen molar-refractivity contribution in [1.29, 1.82) is 0 Å². The van der Waals surface area contributed by atoms with E-state index in [1.54, 1.807) is 12.3 Å². The first kappa shape index (κ1) is 15.9. The minimum Gasteiger partial charge on any atom is -0.351 e. The van der Waals surface area contributed by atoms with Crippen LogP contribution in [-0.4, -0.2) is 22.4 Å². The number of aryl methyl sites for hydroxylation is 2. The molecule has 0 unspecified atom stereocenters. The lowest BCUT2D eigenvalue weighted by atomic mass is 10.1. The first-order chi connectivity index (χ1) is 10.6. The third kappa shape index (κ3) is 4.28.